The van der Waals surface area contributed by atoms with Crippen molar-refractivity contribution in [2.24, 2.45) is 5.92 Å². The van der Waals surface area contributed by atoms with Crippen LogP contribution in [-0.4, -0.2) is 16.6 Å². The Morgan fingerprint density at radius 2 is 1.77 bits per heavy atom. The van der Waals surface area contributed by atoms with Crippen LogP contribution in [0.15, 0.2) is 0 Å². The first-order valence-corrected chi connectivity index (χ1v) is 7.14. The van der Waals surface area contributed by atoms with Crippen molar-refractivity contribution in [3.8, 4) is 0 Å². The first-order chi connectivity index (χ1) is 6.40. The van der Waals surface area contributed by atoms with Crippen molar-refractivity contribution in [1.29, 1.82) is 0 Å². The lowest BCUT2D eigenvalue weighted by atomic mass is 9.84. The standard InChI is InChI=1S/C11H19IO/c12-8-10-6-7-11(13-10)9-4-2-1-3-5-9/h9-11H,1-8H2. The van der Waals surface area contributed by atoms with Gasteiger partial charge in [0.25, 0.3) is 0 Å². The minimum absolute atomic E-state index is 0.576. The van der Waals surface area contributed by atoms with Crippen LogP contribution in [-0.2, 0) is 4.74 Å². The predicted octanol–water partition coefficient (Wildman–Crippen LogP) is 3.55. The molecule has 2 fully saturated rings. The van der Waals surface area contributed by atoms with Crippen LogP contribution in [0.5, 0.6) is 0 Å². The monoisotopic (exact) mass is 294 g/mol. The van der Waals surface area contributed by atoms with Crippen molar-refractivity contribution in [1.82, 2.24) is 0 Å². The van der Waals surface area contributed by atoms with E-state index >= 15 is 0 Å². The average molecular weight is 294 g/mol. The third-order valence-electron chi connectivity index (χ3n) is 3.49. The summed E-state index contributed by atoms with van der Waals surface area (Å²) in [6, 6.07) is 0. The van der Waals surface area contributed by atoms with Gasteiger partial charge in [0.05, 0.1) is 12.2 Å². The Bertz CT molecular complexity index is 154. The highest BCUT2D eigenvalue weighted by molar-refractivity contribution is 14.1. The van der Waals surface area contributed by atoms with Crippen LogP contribution < -0.4 is 0 Å². The SMILES string of the molecule is ICC1CCC(C2CCCCC2)O1. The van der Waals surface area contributed by atoms with E-state index in [1.807, 2.05) is 0 Å². The zero-order chi connectivity index (χ0) is 9.10. The molecule has 0 amide bonds. The Labute approximate surface area is 94.8 Å². The van der Waals surface area contributed by atoms with E-state index in [0.29, 0.717) is 12.2 Å². The Balaban J connectivity index is 1.80. The molecule has 0 aromatic heterocycles. The molecule has 1 nitrogen and oxygen atoms in total. The molecule has 1 aliphatic carbocycles. The first kappa shape index (κ1) is 10.2. The van der Waals surface area contributed by atoms with E-state index < -0.39 is 0 Å². The Morgan fingerprint density at radius 3 is 2.38 bits per heavy atom. The van der Waals surface area contributed by atoms with Gasteiger partial charge >= 0.3 is 0 Å². The lowest BCUT2D eigenvalue weighted by Crippen LogP contribution is -2.23. The summed E-state index contributed by atoms with van der Waals surface area (Å²) < 4.78 is 7.22. The molecule has 0 radical (unpaired) electrons. The summed E-state index contributed by atoms with van der Waals surface area (Å²) in [5.41, 5.74) is 0. The van der Waals surface area contributed by atoms with Crippen LogP contribution in [0.2, 0.25) is 0 Å². The van der Waals surface area contributed by atoms with E-state index in [2.05, 4.69) is 22.6 Å². The molecule has 1 heterocycles. The van der Waals surface area contributed by atoms with Crippen molar-refractivity contribution < 1.29 is 4.74 Å². The minimum atomic E-state index is 0.576. The maximum atomic E-state index is 6.04. The fraction of sp³-hybridized carbons (Fsp3) is 1.00. The number of alkyl halides is 1. The Hall–Kier alpha value is 0.690. The topological polar surface area (TPSA) is 9.23 Å². The number of hydrogen-bond acceptors (Lipinski definition) is 1. The third-order valence-corrected chi connectivity index (χ3v) is 4.47. The van der Waals surface area contributed by atoms with E-state index in [4.69, 9.17) is 4.74 Å². The molecule has 0 aromatic rings. The van der Waals surface area contributed by atoms with Gasteiger partial charge in [0.1, 0.15) is 0 Å². The van der Waals surface area contributed by atoms with Crippen LogP contribution in [0.4, 0.5) is 0 Å². The molecular weight excluding hydrogens is 275 g/mol. The molecule has 0 N–H and O–H groups in total. The highest BCUT2D eigenvalue weighted by Crippen LogP contribution is 2.34. The minimum Gasteiger partial charge on any atom is -0.374 e. The summed E-state index contributed by atoms with van der Waals surface area (Å²) in [5.74, 6) is 0.904. The molecule has 0 bridgehead atoms. The largest absolute Gasteiger partial charge is 0.374 e. The highest BCUT2D eigenvalue weighted by atomic mass is 127. The number of rotatable bonds is 2. The quantitative estimate of drug-likeness (QED) is 0.559. The van der Waals surface area contributed by atoms with Gasteiger partial charge in [-0.2, -0.15) is 0 Å². The fourth-order valence-corrected chi connectivity index (χ4v) is 3.35. The summed E-state index contributed by atoms with van der Waals surface area (Å²) >= 11 is 2.45. The first-order valence-electron chi connectivity index (χ1n) is 5.61. The van der Waals surface area contributed by atoms with Gasteiger partial charge < -0.3 is 4.74 Å². The Kier molecular flexibility index (Phi) is 3.90. The van der Waals surface area contributed by atoms with Crippen molar-refractivity contribution in [3.05, 3.63) is 0 Å². The van der Waals surface area contributed by atoms with Gasteiger partial charge in [-0.25, -0.2) is 0 Å². The summed E-state index contributed by atoms with van der Waals surface area (Å²) in [7, 11) is 0. The zero-order valence-electron chi connectivity index (χ0n) is 8.18. The Morgan fingerprint density at radius 1 is 1.00 bits per heavy atom. The van der Waals surface area contributed by atoms with Crippen LogP contribution in [0.1, 0.15) is 44.9 Å². The van der Waals surface area contributed by atoms with Gasteiger partial charge in [-0.05, 0) is 31.6 Å². The average Bonchev–Trinajstić information content (AvgIpc) is 2.67. The lowest BCUT2D eigenvalue weighted by Gasteiger charge is -2.27. The molecule has 2 atom stereocenters. The number of halogens is 1. The van der Waals surface area contributed by atoms with E-state index in [9.17, 15) is 0 Å². The number of hydrogen-bond donors (Lipinski definition) is 0. The van der Waals surface area contributed by atoms with Crippen LogP contribution >= 0.6 is 22.6 Å². The van der Waals surface area contributed by atoms with Crippen molar-refractivity contribution >= 4 is 22.6 Å². The third kappa shape index (κ3) is 2.58. The van der Waals surface area contributed by atoms with Crippen molar-refractivity contribution in [2.45, 2.75) is 57.2 Å². The molecule has 2 rings (SSSR count). The summed E-state index contributed by atoms with van der Waals surface area (Å²) in [4.78, 5) is 0. The zero-order valence-corrected chi connectivity index (χ0v) is 10.3. The molecule has 1 aliphatic heterocycles. The second-order valence-corrected chi connectivity index (χ2v) is 5.31. The fourth-order valence-electron chi connectivity index (χ4n) is 2.70. The van der Waals surface area contributed by atoms with Crippen LogP contribution in [0.3, 0.4) is 0 Å². The van der Waals surface area contributed by atoms with E-state index in [-0.39, 0.29) is 0 Å². The molecule has 2 heteroatoms. The second-order valence-electron chi connectivity index (χ2n) is 4.43. The van der Waals surface area contributed by atoms with Crippen LogP contribution in [0.25, 0.3) is 0 Å². The van der Waals surface area contributed by atoms with Gasteiger partial charge in [-0.1, -0.05) is 41.9 Å². The van der Waals surface area contributed by atoms with Gasteiger partial charge in [0, 0.05) is 4.43 Å². The molecular formula is C11H19IO. The molecule has 1 saturated carbocycles. The maximum Gasteiger partial charge on any atom is 0.0669 e. The second kappa shape index (κ2) is 4.96. The molecule has 1 saturated heterocycles. The van der Waals surface area contributed by atoms with Crippen molar-refractivity contribution in [3.63, 3.8) is 0 Å². The molecule has 2 aliphatic rings. The predicted molar refractivity (Wildman–Crippen MR) is 63.4 cm³/mol. The van der Waals surface area contributed by atoms with Crippen LogP contribution in [0, 0.1) is 5.92 Å². The van der Waals surface area contributed by atoms with E-state index in [1.54, 1.807) is 0 Å². The maximum absolute atomic E-state index is 6.04. The molecule has 2 unspecified atom stereocenters. The summed E-state index contributed by atoms with van der Waals surface area (Å²) in [6.07, 6.45) is 11.0. The summed E-state index contributed by atoms with van der Waals surface area (Å²) in [6.45, 7) is 0. The summed E-state index contributed by atoms with van der Waals surface area (Å²) in [5, 5.41) is 0. The van der Waals surface area contributed by atoms with Gasteiger partial charge in [-0.15, -0.1) is 0 Å². The molecule has 76 valence electrons. The van der Waals surface area contributed by atoms with Gasteiger partial charge in [0.15, 0.2) is 0 Å². The van der Waals surface area contributed by atoms with Gasteiger partial charge in [-0.3, -0.25) is 0 Å². The van der Waals surface area contributed by atoms with E-state index in [1.165, 1.54) is 49.4 Å². The molecule has 0 spiro atoms. The molecule has 13 heavy (non-hydrogen) atoms. The van der Waals surface area contributed by atoms with Gasteiger partial charge in [0.2, 0.25) is 0 Å². The molecule has 0 aromatic carbocycles. The lowest BCUT2D eigenvalue weighted by molar-refractivity contribution is 0.0114. The van der Waals surface area contributed by atoms with Crippen molar-refractivity contribution in [2.75, 3.05) is 4.43 Å². The normalized spacial score (nSPS) is 36.7. The highest BCUT2D eigenvalue weighted by Gasteiger charge is 2.31. The van der Waals surface area contributed by atoms with E-state index in [0.717, 1.165) is 5.92 Å². The number of ether oxygens (including phenoxy) is 1. The smallest absolute Gasteiger partial charge is 0.0669 e.